The van der Waals surface area contributed by atoms with E-state index >= 15 is 0 Å². The zero-order chi connectivity index (χ0) is 25.9. The Kier molecular flexibility index (Phi) is 7.80. The summed E-state index contributed by atoms with van der Waals surface area (Å²) >= 11 is 6.45. The Bertz CT molecular complexity index is 1380. The van der Waals surface area contributed by atoms with Crippen molar-refractivity contribution in [1.29, 1.82) is 0 Å². The van der Waals surface area contributed by atoms with Crippen molar-refractivity contribution in [3.05, 3.63) is 81.9 Å². The monoisotopic (exact) mass is 529 g/mol. The summed E-state index contributed by atoms with van der Waals surface area (Å²) in [6.45, 7) is 3.83. The van der Waals surface area contributed by atoms with E-state index in [-0.39, 0.29) is 29.2 Å². The SMILES string of the molecule is Cc1ccc(S(=O)(=O)NC(=O)c2cn(Cc3ccc(C(=O)OC4CCCCC4)cc3Cl)c(C)n2)cc1. The van der Waals surface area contributed by atoms with Crippen LogP contribution < -0.4 is 4.72 Å². The number of ether oxygens (including phenoxy) is 1. The molecule has 1 aliphatic rings. The van der Waals surface area contributed by atoms with E-state index in [4.69, 9.17) is 16.3 Å². The molecule has 0 atom stereocenters. The van der Waals surface area contributed by atoms with Crippen LogP contribution in [0.5, 0.6) is 0 Å². The average Bonchev–Trinajstić information content (AvgIpc) is 3.21. The van der Waals surface area contributed by atoms with E-state index in [1.807, 2.05) is 6.92 Å². The molecule has 0 aliphatic heterocycles. The zero-order valence-electron chi connectivity index (χ0n) is 20.2. The smallest absolute Gasteiger partial charge is 0.338 e. The Hall–Kier alpha value is -3.17. The molecule has 8 nitrogen and oxygen atoms in total. The number of amides is 1. The molecule has 1 aliphatic carbocycles. The maximum Gasteiger partial charge on any atom is 0.338 e. The number of carbonyl (C=O) groups is 2. The van der Waals surface area contributed by atoms with E-state index in [0.29, 0.717) is 22.0 Å². The number of hydrogen-bond acceptors (Lipinski definition) is 6. The first-order chi connectivity index (χ1) is 17.1. The van der Waals surface area contributed by atoms with Crippen LogP contribution in [-0.4, -0.2) is 35.9 Å². The van der Waals surface area contributed by atoms with Gasteiger partial charge in [-0.25, -0.2) is 22.9 Å². The number of aromatic nitrogens is 2. The maximum absolute atomic E-state index is 12.6. The van der Waals surface area contributed by atoms with Gasteiger partial charge in [0, 0.05) is 11.2 Å². The van der Waals surface area contributed by atoms with Gasteiger partial charge in [-0.1, -0.05) is 41.8 Å². The van der Waals surface area contributed by atoms with Crippen molar-refractivity contribution in [3.8, 4) is 0 Å². The number of hydrogen-bond donors (Lipinski definition) is 1. The van der Waals surface area contributed by atoms with Crippen LogP contribution in [0.4, 0.5) is 0 Å². The third kappa shape index (κ3) is 6.14. The van der Waals surface area contributed by atoms with E-state index in [9.17, 15) is 18.0 Å². The molecular formula is C26H28ClN3O5S. The van der Waals surface area contributed by atoms with Gasteiger partial charge in [0.15, 0.2) is 0 Å². The lowest BCUT2D eigenvalue weighted by molar-refractivity contribution is 0.0211. The van der Waals surface area contributed by atoms with Gasteiger partial charge in [-0.15, -0.1) is 0 Å². The highest BCUT2D eigenvalue weighted by Gasteiger charge is 2.22. The van der Waals surface area contributed by atoms with Gasteiger partial charge < -0.3 is 9.30 Å². The van der Waals surface area contributed by atoms with Crippen LogP contribution in [0.25, 0.3) is 0 Å². The van der Waals surface area contributed by atoms with Crippen molar-refractivity contribution in [2.75, 3.05) is 0 Å². The van der Waals surface area contributed by atoms with Gasteiger partial charge >= 0.3 is 5.97 Å². The van der Waals surface area contributed by atoms with E-state index < -0.39 is 15.9 Å². The van der Waals surface area contributed by atoms with Gasteiger partial charge in [-0.2, -0.15) is 0 Å². The maximum atomic E-state index is 12.6. The second kappa shape index (κ2) is 10.8. The summed E-state index contributed by atoms with van der Waals surface area (Å²) < 4.78 is 34.4. The number of nitrogens with one attached hydrogen (secondary N) is 1. The van der Waals surface area contributed by atoms with E-state index in [2.05, 4.69) is 9.71 Å². The number of esters is 1. The molecule has 0 saturated heterocycles. The Balaban J connectivity index is 1.43. The zero-order valence-corrected chi connectivity index (χ0v) is 21.7. The fourth-order valence-electron chi connectivity index (χ4n) is 4.12. The third-order valence-electron chi connectivity index (χ3n) is 6.22. The number of imidazole rings is 1. The normalized spacial score (nSPS) is 14.4. The highest BCUT2D eigenvalue weighted by atomic mass is 35.5. The molecule has 1 amide bonds. The molecule has 0 unspecified atom stereocenters. The first kappa shape index (κ1) is 25.9. The second-order valence-corrected chi connectivity index (χ2v) is 11.1. The number of benzene rings is 2. The molecule has 3 aromatic rings. The van der Waals surface area contributed by atoms with Crippen molar-refractivity contribution in [1.82, 2.24) is 14.3 Å². The molecule has 1 heterocycles. The first-order valence-electron chi connectivity index (χ1n) is 11.8. The molecule has 10 heteroatoms. The fraction of sp³-hybridized carbons (Fsp3) is 0.346. The topological polar surface area (TPSA) is 107 Å². The van der Waals surface area contributed by atoms with Crippen LogP contribution in [0.15, 0.2) is 53.6 Å². The lowest BCUT2D eigenvalue weighted by atomic mass is 9.98. The minimum absolute atomic E-state index is 0.00788. The van der Waals surface area contributed by atoms with Gasteiger partial charge in [0.05, 0.1) is 17.0 Å². The number of carbonyl (C=O) groups excluding carboxylic acids is 2. The summed E-state index contributed by atoms with van der Waals surface area (Å²) in [7, 11) is -4.03. The van der Waals surface area contributed by atoms with Crippen molar-refractivity contribution in [3.63, 3.8) is 0 Å². The number of sulfonamides is 1. The molecule has 1 fully saturated rings. The molecule has 0 radical (unpaired) electrons. The summed E-state index contributed by atoms with van der Waals surface area (Å²) in [6, 6.07) is 11.2. The predicted molar refractivity (Wildman–Crippen MR) is 136 cm³/mol. The Morgan fingerprint density at radius 2 is 1.78 bits per heavy atom. The van der Waals surface area contributed by atoms with Crippen LogP contribution in [0, 0.1) is 13.8 Å². The molecule has 0 bridgehead atoms. The summed E-state index contributed by atoms with van der Waals surface area (Å²) in [5.41, 5.74) is 1.97. The lowest BCUT2D eigenvalue weighted by Crippen LogP contribution is -2.30. The highest BCUT2D eigenvalue weighted by Crippen LogP contribution is 2.24. The number of halogens is 1. The van der Waals surface area contributed by atoms with E-state index in [1.165, 1.54) is 24.8 Å². The number of nitrogens with zero attached hydrogens (tertiary/aromatic N) is 2. The molecule has 1 aromatic heterocycles. The minimum Gasteiger partial charge on any atom is -0.459 e. The van der Waals surface area contributed by atoms with Crippen LogP contribution >= 0.6 is 11.6 Å². The van der Waals surface area contributed by atoms with Gasteiger partial charge in [-0.3, -0.25) is 4.79 Å². The second-order valence-electron chi connectivity index (χ2n) is 9.02. The van der Waals surface area contributed by atoms with Crippen molar-refractivity contribution in [2.24, 2.45) is 0 Å². The van der Waals surface area contributed by atoms with Crippen molar-refractivity contribution >= 4 is 33.5 Å². The molecule has 1 N–H and O–H groups in total. The Labute approximate surface area is 215 Å². The summed E-state index contributed by atoms with van der Waals surface area (Å²) in [5, 5.41) is 0.383. The van der Waals surface area contributed by atoms with Crippen LogP contribution in [0.2, 0.25) is 5.02 Å². The largest absolute Gasteiger partial charge is 0.459 e. The minimum atomic E-state index is -4.03. The van der Waals surface area contributed by atoms with Gasteiger partial charge in [-0.05, 0) is 69.4 Å². The quantitative estimate of drug-likeness (QED) is 0.440. The molecule has 2 aromatic carbocycles. The average molecular weight is 530 g/mol. The molecule has 190 valence electrons. The Morgan fingerprint density at radius 3 is 2.44 bits per heavy atom. The molecule has 4 rings (SSSR count). The predicted octanol–water partition coefficient (Wildman–Crippen LogP) is 4.81. The number of rotatable bonds is 7. The lowest BCUT2D eigenvalue weighted by Gasteiger charge is -2.21. The molecular weight excluding hydrogens is 502 g/mol. The first-order valence-corrected chi connectivity index (χ1v) is 13.7. The summed E-state index contributed by atoms with van der Waals surface area (Å²) in [6.07, 6.45) is 6.52. The van der Waals surface area contributed by atoms with Gasteiger partial charge in [0.25, 0.3) is 15.9 Å². The van der Waals surface area contributed by atoms with Crippen LogP contribution in [-0.2, 0) is 21.3 Å². The van der Waals surface area contributed by atoms with Crippen molar-refractivity contribution in [2.45, 2.75) is 63.5 Å². The standard InChI is InChI=1S/C26H28ClN3O5S/c1-17-8-12-22(13-9-17)36(33,34)29-25(31)24-16-30(18(2)28-24)15-20-11-10-19(14-23(20)27)26(32)35-21-6-4-3-5-7-21/h8-14,16,21H,3-7,15H2,1-2H3,(H,29,31). The summed E-state index contributed by atoms with van der Waals surface area (Å²) in [5.74, 6) is -0.711. The molecule has 1 saturated carbocycles. The van der Waals surface area contributed by atoms with Crippen LogP contribution in [0.1, 0.15) is 69.9 Å². The third-order valence-corrected chi connectivity index (χ3v) is 7.92. The fourth-order valence-corrected chi connectivity index (χ4v) is 5.32. The number of aryl methyl sites for hydroxylation is 2. The van der Waals surface area contributed by atoms with Crippen molar-refractivity contribution < 1.29 is 22.7 Å². The van der Waals surface area contributed by atoms with Crippen LogP contribution in [0.3, 0.4) is 0 Å². The summed E-state index contributed by atoms with van der Waals surface area (Å²) in [4.78, 5) is 29.3. The molecule has 36 heavy (non-hydrogen) atoms. The van der Waals surface area contributed by atoms with Gasteiger partial charge in [0.1, 0.15) is 17.6 Å². The molecule has 0 spiro atoms. The van der Waals surface area contributed by atoms with Gasteiger partial charge in [0.2, 0.25) is 0 Å². The van der Waals surface area contributed by atoms with E-state index in [0.717, 1.165) is 31.2 Å². The van der Waals surface area contributed by atoms with E-state index in [1.54, 1.807) is 41.8 Å². The highest BCUT2D eigenvalue weighted by molar-refractivity contribution is 7.90. The Morgan fingerprint density at radius 1 is 1.08 bits per heavy atom.